The van der Waals surface area contributed by atoms with Gasteiger partial charge in [-0.1, -0.05) is 0 Å². The van der Waals surface area contributed by atoms with Crippen molar-refractivity contribution >= 4 is 58.3 Å². The van der Waals surface area contributed by atoms with Crippen LogP contribution in [-0.2, 0) is 9.05 Å². The van der Waals surface area contributed by atoms with Gasteiger partial charge in [-0.2, -0.15) is 0 Å². The molecular formula is C6H2BrClF2INO2S. The molecule has 0 aromatic carbocycles. The Balaban J connectivity index is 3.56. The number of hydrogen-bond acceptors (Lipinski definition) is 3. The maximum atomic E-state index is 12.5. The zero-order valence-corrected chi connectivity index (χ0v) is 12.0. The van der Waals surface area contributed by atoms with E-state index >= 15 is 0 Å². The molecule has 0 aliphatic carbocycles. The standard InChI is InChI=1S/C6H2BrClF2INO2S/c7-2-1-3(15(8,13)14)4(5(9)10)12-6(2)11/h1,5H. The topological polar surface area (TPSA) is 47.0 Å². The van der Waals surface area contributed by atoms with E-state index in [4.69, 9.17) is 10.7 Å². The van der Waals surface area contributed by atoms with Crippen LogP contribution in [0.4, 0.5) is 8.78 Å². The fraction of sp³-hybridized carbons (Fsp3) is 0.167. The van der Waals surface area contributed by atoms with Crippen molar-refractivity contribution in [3.63, 3.8) is 0 Å². The van der Waals surface area contributed by atoms with Crippen LogP contribution in [-0.4, -0.2) is 13.4 Å². The number of halogens is 5. The van der Waals surface area contributed by atoms with Gasteiger partial charge in [0.15, 0.2) is 0 Å². The van der Waals surface area contributed by atoms with Crippen molar-refractivity contribution in [3.8, 4) is 0 Å². The molecule has 0 atom stereocenters. The van der Waals surface area contributed by atoms with Crippen molar-refractivity contribution in [2.45, 2.75) is 11.3 Å². The first kappa shape index (κ1) is 13.5. The lowest BCUT2D eigenvalue weighted by Gasteiger charge is -2.06. The van der Waals surface area contributed by atoms with Gasteiger partial charge in [0, 0.05) is 10.7 Å². The molecule has 3 nitrogen and oxygen atoms in total. The van der Waals surface area contributed by atoms with E-state index in [0.717, 1.165) is 6.07 Å². The Hall–Kier alpha value is 0.460. The van der Waals surface area contributed by atoms with Gasteiger partial charge in [0.1, 0.15) is 14.3 Å². The fourth-order valence-electron chi connectivity index (χ4n) is 0.814. The molecule has 0 aliphatic heterocycles. The van der Waals surface area contributed by atoms with Gasteiger partial charge in [0.05, 0.1) is 4.47 Å². The van der Waals surface area contributed by atoms with Crippen molar-refractivity contribution in [2.75, 3.05) is 0 Å². The fourth-order valence-corrected chi connectivity index (χ4v) is 2.71. The van der Waals surface area contributed by atoms with Crippen LogP contribution in [0.5, 0.6) is 0 Å². The average Bonchev–Trinajstić information content (AvgIpc) is 2.06. The molecule has 0 fully saturated rings. The minimum atomic E-state index is -4.22. The molecule has 0 saturated carbocycles. The summed E-state index contributed by atoms with van der Waals surface area (Å²) in [5, 5.41) is 0. The summed E-state index contributed by atoms with van der Waals surface area (Å²) in [6.45, 7) is 0. The van der Waals surface area contributed by atoms with Gasteiger partial charge in [-0.15, -0.1) is 0 Å². The molecule has 0 bridgehead atoms. The first-order valence-electron chi connectivity index (χ1n) is 3.32. The Labute approximate surface area is 111 Å². The zero-order valence-electron chi connectivity index (χ0n) is 6.72. The van der Waals surface area contributed by atoms with Crippen molar-refractivity contribution in [3.05, 3.63) is 19.9 Å². The Bertz CT molecular complexity index is 496. The number of alkyl halides is 2. The van der Waals surface area contributed by atoms with Gasteiger partial charge in [0.2, 0.25) is 0 Å². The van der Waals surface area contributed by atoms with Crippen molar-refractivity contribution < 1.29 is 17.2 Å². The summed E-state index contributed by atoms with van der Waals surface area (Å²) in [6.07, 6.45) is -2.99. The smallest absolute Gasteiger partial charge is 0.238 e. The second-order valence-corrected chi connectivity index (χ2v) is 6.79. The van der Waals surface area contributed by atoms with E-state index in [9.17, 15) is 17.2 Å². The first-order valence-corrected chi connectivity index (χ1v) is 7.50. The molecule has 84 valence electrons. The summed E-state index contributed by atoms with van der Waals surface area (Å²) in [5.74, 6) is 0. The van der Waals surface area contributed by atoms with Gasteiger partial charge in [-0.3, -0.25) is 0 Å². The molecule has 0 unspecified atom stereocenters. The van der Waals surface area contributed by atoms with Crippen LogP contribution in [0, 0.1) is 3.70 Å². The maximum absolute atomic E-state index is 12.5. The van der Waals surface area contributed by atoms with Gasteiger partial charge < -0.3 is 0 Å². The van der Waals surface area contributed by atoms with E-state index in [-0.39, 0.29) is 3.70 Å². The predicted molar refractivity (Wildman–Crippen MR) is 62.6 cm³/mol. The van der Waals surface area contributed by atoms with Crippen LogP contribution in [0.3, 0.4) is 0 Å². The normalized spacial score (nSPS) is 12.1. The number of rotatable bonds is 2. The highest BCUT2D eigenvalue weighted by atomic mass is 127. The van der Waals surface area contributed by atoms with E-state index in [1.54, 1.807) is 22.6 Å². The van der Waals surface area contributed by atoms with Gasteiger partial charge in [-0.05, 0) is 44.6 Å². The van der Waals surface area contributed by atoms with Gasteiger partial charge in [0.25, 0.3) is 15.5 Å². The van der Waals surface area contributed by atoms with Crippen molar-refractivity contribution in [2.24, 2.45) is 0 Å². The van der Waals surface area contributed by atoms with Crippen molar-refractivity contribution in [1.29, 1.82) is 0 Å². The molecule has 0 radical (unpaired) electrons. The van der Waals surface area contributed by atoms with Crippen LogP contribution in [0.1, 0.15) is 12.1 Å². The highest BCUT2D eigenvalue weighted by Gasteiger charge is 2.25. The van der Waals surface area contributed by atoms with Crippen LogP contribution < -0.4 is 0 Å². The second kappa shape index (κ2) is 4.76. The molecule has 1 aromatic heterocycles. The third kappa shape index (κ3) is 3.21. The molecule has 15 heavy (non-hydrogen) atoms. The van der Waals surface area contributed by atoms with Crippen LogP contribution in [0.25, 0.3) is 0 Å². The maximum Gasteiger partial charge on any atom is 0.281 e. The third-order valence-corrected chi connectivity index (χ3v) is 4.91. The molecule has 0 N–H and O–H groups in total. The zero-order chi connectivity index (χ0) is 11.8. The quantitative estimate of drug-likeness (QED) is 0.409. The van der Waals surface area contributed by atoms with E-state index in [2.05, 4.69) is 20.9 Å². The Morgan fingerprint density at radius 3 is 2.47 bits per heavy atom. The summed E-state index contributed by atoms with van der Waals surface area (Å²) in [7, 11) is 0.786. The van der Waals surface area contributed by atoms with E-state index < -0.39 is 26.1 Å². The molecular weight excluding hydrogens is 430 g/mol. The Morgan fingerprint density at radius 2 is 2.07 bits per heavy atom. The van der Waals surface area contributed by atoms with E-state index in [1.165, 1.54) is 0 Å². The molecule has 1 aromatic rings. The summed E-state index contributed by atoms with van der Waals surface area (Å²) < 4.78 is 47.5. The number of nitrogens with zero attached hydrogens (tertiary/aromatic N) is 1. The number of aromatic nitrogens is 1. The van der Waals surface area contributed by atoms with E-state index in [1.807, 2.05) is 0 Å². The molecule has 0 spiro atoms. The monoisotopic (exact) mass is 431 g/mol. The molecule has 9 heteroatoms. The van der Waals surface area contributed by atoms with Gasteiger partial charge >= 0.3 is 0 Å². The lowest BCUT2D eigenvalue weighted by molar-refractivity contribution is 0.142. The lowest BCUT2D eigenvalue weighted by atomic mass is 10.4. The van der Waals surface area contributed by atoms with Crippen LogP contribution >= 0.6 is 49.2 Å². The second-order valence-electron chi connectivity index (χ2n) is 2.38. The predicted octanol–water partition coefficient (Wildman–Crippen LogP) is 3.31. The largest absolute Gasteiger partial charge is 0.281 e. The minimum absolute atomic E-state index is 0.243. The van der Waals surface area contributed by atoms with Crippen LogP contribution in [0.15, 0.2) is 15.4 Å². The highest BCUT2D eigenvalue weighted by Crippen LogP contribution is 2.31. The first-order chi connectivity index (χ1) is 6.73. The van der Waals surface area contributed by atoms with Crippen molar-refractivity contribution in [1.82, 2.24) is 4.98 Å². The molecule has 0 saturated heterocycles. The average molecular weight is 432 g/mol. The summed E-state index contributed by atoms with van der Waals surface area (Å²) >= 11 is 4.68. The molecule has 1 rings (SSSR count). The minimum Gasteiger partial charge on any atom is -0.238 e. The number of pyridine rings is 1. The summed E-state index contributed by atoms with van der Waals surface area (Å²) in [6, 6.07) is 1.01. The highest BCUT2D eigenvalue weighted by molar-refractivity contribution is 14.1. The molecule has 0 amide bonds. The lowest BCUT2D eigenvalue weighted by Crippen LogP contribution is -2.03. The summed E-state index contributed by atoms with van der Waals surface area (Å²) in [5.41, 5.74) is -0.836. The number of hydrogen-bond donors (Lipinski definition) is 0. The SMILES string of the molecule is O=S(=O)(Cl)c1cc(Br)c(I)nc1C(F)F. The summed E-state index contributed by atoms with van der Waals surface area (Å²) in [4.78, 5) is 2.79. The van der Waals surface area contributed by atoms with Crippen LogP contribution in [0.2, 0.25) is 0 Å². The van der Waals surface area contributed by atoms with Gasteiger partial charge in [-0.25, -0.2) is 22.2 Å². The van der Waals surface area contributed by atoms with E-state index in [0.29, 0.717) is 4.47 Å². The Kier molecular flexibility index (Phi) is 4.29. The third-order valence-electron chi connectivity index (χ3n) is 1.40. The molecule has 1 heterocycles. The molecule has 0 aliphatic rings. The Morgan fingerprint density at radius 1 is 1.53 bits per heavy atom.